The van der Waals surface area contributed by atoms with Gasteiger partial charge in [0.15, 0.2) is 5.82 Å². The molecule has 36 heavy (non-hydrogen) atoms. The van der Waals surface area contributed by atoms with Crippen LogP contribution in [-0.2, 0) is 10.5 Å². The summed E-state index contributed by atoms with van der Waals surface area (Å²) in [6.45, 7) is 0. The van der Waals surface area contributed by atoms with Gasteiger partial charge in [-0.3, -0.25) is 9.36 Å². The maximum absolute atomic E-state index is 13.8. The number of anilines is 1. The molecule has 0 saturated heterocycles. The van der Waals surface area contributed by atoms with Crippen LogP contribution in [0.2, 0.25) is 10.0 Å². The highest BCUT2D eigenvalue weighted by molar-refractivity contribution is 6.31. The third-order valence-electron chi connectivity index (χ3n) is 6.47. The topological polar surface area (TPSA) is 59.7 Å². The SMILES string of the molecule is O=c1c2ccccc2nc2n1-c1ccc(Cl)cc1C21OC(c2ccc(Cl)cc2)=NN1c1ccccc1. The van der Waals surface area contributed by atoms with Gasteiger partial charge in [0, 0.05) is 15.6 Å². The lowest BCUT2D eigenvalue weighted by atomic mass is 10.0. The first-order valence-corrected chi connectivity index (χ1v) is 12.0. The van der Waals surface area contributed by atoms with Crippen LogP contribution in [0.4, 0.5) is 5.69 Å². The third kappa shape index (κ3) is 2.89. The number of hydrogen-bond acceptors (Lipinski definition) is 5. The molecule has 0 fully saturated rings. The predicted molar refractivity (Wildman–Crippen MR) is 141 cm³/mol. The van der Waals surface area contributed by atoms with Crippen molar-refractivity contribution in [1.82, 2.24) is 9.55 Å². The molecular formula is C28H16Cl2N4O2. The molecular weight excluding hydrogens is 495 g/mol. The van der Waals surface area contributed by atoms with Crippen LogP contribution < -0.4 is 10.6 Å². The minimum Gasteiger partial charge on any atom is -0.435 e. The van der Waals surface area contributed by atoms with Crippen molar-refractivity contribution < 1.29 is 4.74 Å². The molecule has 0 bridgehead atoms. The lowest BCUT2D eigenvalue weighted by molar-refractivity contribution is 0.116. The molecule has 7 rings (SSSR count). The zero-order valence-corrected chi connectivity index (χ0v) is 20.1. The lowest BCUT2D eigenvalue weighted by Gasteiger charge is -2.32. The van der Waals surface area contributed by atoms with Crippen LogP contribution in [0.1, 0.15) is 17.0 Å². The average molecular weight is 511 g/mol. The van der Waals surface area contributed by atoms with Gasteiger partial charge in [-0.2, -0.15) is 0 Å². The number of fused-ring (bicyclic) bond motifs is 6. The fraction of sp³-hybridized carbons (Fsp3) is 0.0357. The van der Waals surface area contributed by atoms with Crippen LogP contribution in [0.15, 0.2) is 107 Å². The summed E-state index contributed by atoms with van der Waals surface area (Å²) in [6, 6.07) is 29.6. The molecule has 0 saturated carbocycles. The molecule has 5 aromatic rings. The normalized spacial score (nSPS) is 17.7. The van der Waals surface area contributed by atoms with Crippen LogP contribution in [0.3, 0.4) is 0 Å². The summed E-state index contributed by atoms with van der Waals surface area (Å²) in [6.07, 6.45) is 0. The second-order valence-corrected chi connectivity index (χ2v) is 9.43. The van der Waals surface area contributed by atoms with Gasteiger partial charge in [0.05, 0.1) is 27.8 Å². The van der Waals surface area contributed by atoms with E-state index in [-0.39, 0.29) is 5.56 Å². The fourth-order valence-electron chi connectivity index (χ4n) is 4.87. The van der Waals surface area contributed by atoms with E-state index in [4.69, 9.17) is 38.0 Å². The molecule has 1 aromatic heterocycles. The Morgan fingerprint density at radius 2 is 1.53 bits per heavy atom. The highest BCUT2D eigenvalue weighted by Gasteiger charge is 2.58. The second-order valence-electron chi connectivity index (χ2n) is 8.56. The molecule has 174 valence electrons. The first kappa shape index (κ1) is 21.2. The van der Waals surface area contributed by atoms with Crippen LogP contribution in [0.25, 0.3) is 16.6 Å². The summed E-state index contributed by atoms with van der Waals surface area (Å²) in [5.74, 6) is 0.775. The highest BCUT2D eigenvalue weighted by Crippen LogP contribution is 2.50. The number of aromatic nitrogens is 2. The number of halogens is 2. The summed E-state index contributed by atoms with van der Waals surface area (Å²) < 4.78 is 8.37. The van der Waals surface area contributed by atoms with Gasteiger partial charge in [-0.1, -0.05) is 53.5 Å². The van der Waals surface area contributed by atoms with E-state index >= 15 is 0 Å². The van der Waals surface area contributed by atoms with Crippen molar-refractivity contribution in [3.8, 4) is 5.69 Å². The standard InChI is InChI=1S/C28H16Cl2N4O2/c29-18-12-10-17(11-13-18)25-32-34(20-6-2-1-3-7-20)28(36-25)22-16-19(30)14-15-24(22)33-26(35)21-8-4-5-9-23(21)31-27(28)33/h1-16H. The van der Waals surface area contributed by atoms with Gasteiger partial charge in [-0.25, -0.2) is 9.99 Å². The van der Waals surface area contributed by atoms with E-state index in [0.717, 1.165) is 11.3 Å². The van der Waals surface area contributed by atoms with Crippen molar-refractivity contribution in [2.24, 2.45) is 5.10 Å². The minimum atomic E-state index is -1.36. The van der Waals surface area contributed by atoms with Gasteiger partial charge in [-0.05, 0) is 66.7 Å². The monoisotopic (exact) mass is 510 g/mol. The average Bonchev–Trinajstić information content (AvgIpc) is 3.43. The van der Waals surface area contributed by atoms with Crippen LogP contribution >= 0.6 is 23.2 Å². The highest BCUT2D eigenvalue weighted by atomic mass is 35.5. The summed E-state index contributed by atoms with van der Waals surface area (Å²) in [4.78, 5) is 18.8. The van der Waals surface area contributed by atoms with Crippen molar-refractivity contribution in [3.05, 3.63) is 134 Å². The molecule has 1 unspecified atom stereocenters. The molecule has 0 amide bonds. The van der Waals surface area contributed by atoms with Crippen LogP contribution in [-0.4, -0.2) is 15.4 Å². The van der Waals surface area contributed by atoms with Gasteiger partial charge in [0.2, 0.25) is 5.90 Å². The maximum Gasteiger partial charge on any atom is 0.291 e. The summed E-state index contributed by atoms with van der Waals surface area (Å²) >= 11 is 12.6. The Kier molecular flexibility index (Phi) is 4.52. The molecule has 0 radical (unpaired) electrons. The van der Waals surface area contributed by atoms with Gasteiger partial charge in [0.25, 0.3) is 11.3 Å². The Morgan fingerprint density at radius 3 is 2.33 bits per heavy atom. The van der Waals surface area contributed by atoms with E-state index in [2.05, 4.69) is 0 Å². The van der Waals surface area contributed by atoms with E-state index in [9.17, 15) is 4.79 Å². The number of nitrogens with zero attached hydrogens (tertiary/aromatic N) is 4. The van der Waals surface area contributed by atoms with E-state index in [1.807, 2.05) is 72.8 Å². The molecule has 1 spiro atoms. The molecule has 3 heterocycles. The molecule has 8 heteroatoms. The summed E-state index contributed by atoms with van der Waals surface area (Å²) in [5, 5.41) is 8.32. The Balaban J connectivity index is 1.58. The number of benzene rings is 4. The first-order chi connectivity index (χ1) is 17.6. The van der Waals surface area contributed by atoms with Crippen molar-refractivity contribution >= 4 is 45.7 Å². The molecule has 4 aromatic carbocycles. The number of hydrogen-bond donors (Lipinski definition) is 0. The van der Waals surface area contributed by atoms with E-state index < -0.39 is 5.72 Å². The first-order valence-electron chi connectivity index (χ1n) is 11.3. The van der Waals surface area contributed by atoms with Gasteiger partial charge in [-0.15, -0.1) is 5.10 Å². The van der Waals surface area contributed by atoms with E-state index in [1.54, 1.807) is 33.8 Å². The number of ether oxygens (including phenoxy) is 1. The van der Waals surface area contributed by atoms with E-state index in [1.165, 1.54) is 0 Å². The number of para-hydroxylation sites is 2. The lowest BCUT2D eigenvalue weighted by Crippen LogP contribution is -2.43. The largest absolute Gasteiger partial charge is 0.435 e. The van der Waals surface area contributed by atoms with Crippen LogP contribution in [0, 0.1) is 0 Å². The molecule has 2 aliphatic rings. The third-order valence-corrected chi connectivity index (χ3v) is 6.96. The van der Waals surface area contributed by atoms with Crippen molar-refractivity contribution in [3.63, 3.8) is 0 Å². The van der Waals surface area contributed by atoms with Gasteiger partial charge in [0.1, 0.15) is 0 Å². The minimum absolute atomic E-state index is 0.187. The Hall–Kier alpha value is -4.13. The number of rotatable bonds is 2. The fourth-order valence-corrected chi connectivity index (χ4v) is 5.17. The number of hydrazone groups is 1. The Labute approximate surface area is 215 Å². The smallest absolute Gasteiger partial charge is 0.291 e. The van der Waals surface area contributed by atoms with Gasteiger partial charge >= 0.3 is 0 Å². The summed E-state index contributed by atoms with van der Waals surface area (Å²) in [5.41, 5.74) is 1.85. The van der Waals surface area contributed by atoms with E-state index in [0.29, 0.717) is 43.9 Å². The molecule has 6 nitrogen and oxygen atoms in total. The Morgan fingerprint density at radius 1 is 0.806 bits per heavy atom. The molecule has 0 aliphatic carbocycles. The molecule has 2 aliphatic heterocycles. The van der Waals surface area contributed by atoms with Crippen molar-refractivity contribution in [2.45, 2.75) is 5.72 Å². The second kappa shape index (κ2) is 7.68. The zero-order valence-electron chi connectivity index (χ0n) is 18.6. The maximum atomic E-state index is 13.8. The Bertz CT molecular complexity index is 1770. The predicted octanol–water partition coefficient (Wildman–Crippen LogP) is 6.11. The zero-order chi connectivity index (χ0) is 24.4. The molecule has 0 N–H and O–H groups in total. The van der Waals surface area contributed by atoms with Crippen molar-refractivity contribution in [1.29, 1.82) is 0 Å². The summed E-state index contributed by atoms with van der Waals surface area (Å²) in [7, 11) is 0. The van der Waals surface area contributed by atoms with Gasteiger partial charge < -0.3 is 4.74 Å². The quantitative estimate of drug-likeness (QED) is 0.287. The van der Waals surface area contributed by atoms with Crippen LogP contribution in [0.5, 0.6) is 0 Å². The van der Waals surface area contributed by atoms with Crippen molar-refractivity contribution in [2.75, 3.05) is 5.01 Å². The molecule has 1 atom stereocenters.